The molecule has 0 aliphatic heterocycles. The maximum atomic E-state index is 11.9. The number of rotatable bonds is 7. The smallest absolute Gasteiger partial charge is 0.200 e. The third-order valence-corrected chi connectivity index (χ3v) is 3.36. The predicted molar refractivity (Wildman–Crippen MR) is 82.4 cm³/mol. The first kappa shape index (κ1) is 14.9. The van der Waals surface area contributed by atoms with E-state index in [4.69, 9.17) is 9.15 Å². The Balaban J connectivity index is 2.11. The number of ketones is 1. The minimum absolute atomic E-state index is 0.0211. The predicted octanol–water partition coefficient (Wildman–Crippen LogP) is 3.52. The van der Waals surface area contributed by atoms with Crippen LogP contribution in [-0.2, 0) is 0 Å². The summed E-state index contributed by atoms with van der Waals surface area (Å²) in [6.45, 7) is 5.11. The highest BCUT2D eigenvalue weighted by molar-refractivity contribution is 7.96. The molecule has 0 bridgehead atoms. The number of fused-ring (bicyclic) bond motifs is 1. The van der Waals surface area contributed by atoms with Crippen molar-refractivity contribution in [1.82, 2.24) is 4.72 Å². The molecule has 2 aromatic rings. The van der Waals surface area contributed by atoms with Crippen molar-refractivity contribution >= 4 is 28.7 Å². The lowest BCUT2D eigenvalue weighted by atomic mass is 10.1. The summed E-state index contributed by atoms with van der Waals surface area (Å²) in [5.74, 6) is 1.15. The first-order valence-electron chi connectivity index (χ1n) is 6.58. The topological polar surface area (TPSA) is 51.5 Å². The summed E-state index contributed by atoms with van der Waals surface area (Å²) in [6.07, 6.45) is 1.98. The van der Waals surface area contributed by atoms with Crippen LogP contribution >= 0.6 is 11.9 Å². The second kappa shape index (κ2) is 6.81. The van der Waals surface area contributed by atoms with E-state index in [1.807, 2.05) is 38.3 Å². The fourth-order valence-corrected chi connectivity index (χ4v) is 2.12. The molecule has 0 aliphatic carbocycles. The zero-order valence-corrected chi connectivity index (χ0v) is 12.8. The Hall–Kier alpha value is -1.46. The summed E-state index contributed by atoms with van der Waals surface area (Å²) in [6, 6.07) is 7.37. The van der Waals surface area contributed by atoms with Crippen LogP contribution in [0.5, 0.6) is 5.75 Å². The third kappa shape index (κ3) is 3.55. The molecule has 0 radical (unpaired) electrons. The molecule has 108 valence electrons. The van der Waals surface area contributed by atoms with Gasteiger partial charge < -0.3 is 9.15 Å². The number of ether oxygens (including phenoxy) is 1. The van der Waals surface area contributed by atoms with Gasteiger partial charge in [0.1, 0.15) is 17.9 Å². The zero-order chi connectivity index (χ0) is 14.5. The van der Waals surface area contributed by atoms with Gasteiger partial charge in [-0.2, -0.15) is 0 Å². The van der Waals surface area contributed by atoms with Gasteiger partial charge in [0, 0.05) is 17.8 Å². The van der Waals surface area contributed by atoms with Gasteiger partial charge in [-0.05, 0) is 30.5 Å². The molecule has 0 aliphatic rings. The van der Waals surface area contributed by atoms with E-state index in [9.17, 15) is 4.79 Å². The molecule has 1 heterocycles. The fraction of sp³-hybridized carbons (Fsp3) is 0.400. The highest BCUT2D eigenvalue weighted by Gasteiger charge is 2.15. The molecular formula is C15H19NO3S. The molecule has 1 aromatic carbocycles. The summed E-state index contributed by atoms with van der Waals surface area (Å²) >= 11 is 1.57. The minimum atomic E-state index is -0.0658. The third-order valence-electron chi connectivity index (χ3n) is 2.87. The van der Waals surface area contributed by atoms with E-state index >= 15 is 0 Å². The Bertz CT molecular complexity index is 592. The first-order valence-corrected chi connectivity index (χ1v) is 7.80. The summed E-state index contributed by atoms with van der Waals surface area (Å²) in [7, 11) is 0. The highest BCUT2D eigenvalue weighted by atomic mass is 32.2. The van der Waals surface area contributed by atoms with Crippen LogP contribution in [0.25, 0.3) is 11.0 Å². The molecule has 2 rings (SSSR count). The Morgan fingerprint density at radius 1 is 1.40 bits per heavy atom. The molecule has 0 amide bonds. The van der Waals surface area contributed by atoms with Gasteiger partial charge in [-0.25, -0.2) is 0 Å². The monoisotopic (exact) mass is 293 g/mol. The maximum Gasteiger partial charge on any atom is 0.200 e. The number of hydrogen-bond acceptors (Lipinski definition) is 5. The molecule has 0 saturated carbocycles. The first-order chi connectivity index (χ1) is 9.61. The van der Waals surface area contributed by atoms with Crippen LogP contribution in [-0.4, -0.2) is 25.2 Å². The summed E-state index contributed by atoms with van der Waals surface area (Å²) < 4.78 is 14.3. The highest BCUT2D eigenvalue weighted by Crippen LogP contribution is 2.25. The molecule has 20 heavy (non-hydrogen) atoms. The SMILES string of the molecule is CSNCCOc1ccc2oc(C(=O)C(C)C)cc2c1. The van der Waals surface area contributed by atoms with E-state index < -0.39 is 0 Å². The number of carbonyl (C=O) groups excluding carboxylic acids is 1. The lowest BCUT2D eigenvalue weighted by molar-refractivity contribution is 0.0913. The Labute approximate surface area is 123 Å². The van der Waals surface area contributed by atoms with Crippen molar-refractivity contribution < 1.29 is 13.9 Å². The largest absolute Gasteiger partial charge is 0.492 e. The Morgan fingerprint density at radius 2 is 2.20 bits per heavy atom. The fourth-order valence-electron chi connectivity index (χ4n) is 1.83. The minimum Gasteiger partial charge on any atom is -0.492 e. The van der Waals surface area contributed by atoms with Crippen molar-refractivity contribution in [3.05, 3.63) is 30.0 Å². The molecular weight excluding hydrogens is 274 g/mol. The quantitative estimate of drug-likeness (QED) is 0.481. The van der Waals surface area contributed by atoms with Crippen LogP contribution in [0.15, 0.2) is 28.7 Å². The van der Waals surface area contributed by atoms with Crippen LogP contribution in [0.2, 0.25) is 0 Å². The van der Waals surface area contributed by atoms with Crippen molar-refractivity contribution in [2.45, 2.75) is 13.8 Å². The number of hydrogen-bond donors (Lipinski definition) is 1. The Morgan fingerprint density at radius 3 is 2.90 bits per heavy atom. The molecule has 0 spiro atoms. The van der Waals surface area contributed by atoms with Gasteiger partial charge >= 0.3 is 0 Å². The van der Waals surface area contributed by atoms with Gasteiger partial charge in [0.2, 0.25) is 5.78 Å². The van der Waals surface area contributed by atoms with Gasteiger partial charge in [-0.15, -0.1) is 0 Å². The average Bonchev–Trinajstić information content (AvgIpc) is 2.85. The van der Waals surface area contributed by atoms with E-state index in [1.54, 1.807) is 18.0 Å². The van der Waals surface area contributed by atoms with Crippen molar-refractivity contribution in [2.75, 3.05) is 19.4 Å². The van der Waals surface area contributed by atoms with Crippen molar-refractivity contribution in [2.24, 2.45) is 5.92 Å². The second-order valence-electron chi connectivity index (χ2n) is 4.78. The van der Waals surface area contributed by atoms with E-state index in [0.717, 1.165) is 17.7 Å². The van der Waals surface area contributed by atoms with Crippen molar-refractivity contribution in [3.8, 4) is 5.75 Å². The van der Waals surface area contributed by atoms with Gasteiger partial charge in [0.05, 0.1) is 0 Å². The van der Waals surface area contributed by atoms with Crippen molar-refractivity contribution in [1.29, 1.82) is 0 Å². The van der Waals surface area contributed by atoms with Gasteiger partial charge in [0.25, 0.3) is 0 Å². The van der Waals surface area contributed by atoms with Crippen LogP contribution in [0, 0.1) is 5.92 Å². The standard InChI is InChI=1S/C15H19NO3S/c1-10(2)15(17)14-9-11-8-12(4-5-13(11)19-14)18-7-6-16-20-3/h4-5,8-10,16H,6-7H2,1-3H3. The van der Waals surface area contributed by atoms with E-state index in [2.05, 4.69) is 4.72 Å². The van der Waals surface area contributed by atoms with Gasteiger partial charge in [-0.1, -0.05) is 25.8 Å². The number of nitrogens with one attached hydrogen (secondary N) is 1. The zero-order valence-electron chi connectivity index (χ0n) is 11.9. The van der Waals surface area contributed by atoms with Crippen LogP contribution in [0.1, 0.15) is 24.4 Å². The molecule has 0 saturated heterocycles. The average molecular weight is 293 g/mol. The molecule has 1 aromatic heterocycles. The van der Waals surface area contributed by atoms with Gasteiger partial charge in [-0.3, -0.25) is 9.52 Å². The number of carbonyl (C=O) groups is 1. The van der Waals surface area contributed by atoms with Crippen LogP contribution in [0.4, 0.5) is 0 Å². The van der Waals surface area contributed by atoms with E-state index in [0.29, 0.717) is 18.0 Å². The van der Waals surface area contributed by atoms with E-state index in [1.165, 1.54) is 0 Å². The lowest BCUT2D eigenvalue weighted by Crippen LogP contribution is -2.13. The summed E-state index contributed by atoms with van der Waals surface area (Å²) in [5, 5.41) is 0.893. The molecule has 0 unspecified atom stereocenters. The normalized spacial score (nSPS) is 11.2. The molecule has 4 nitrogen and oxygen atoms in total. The summed E-state index contributed by atoms with van der Waals surface area (Å²) in [4.78, 5) is 11.9. The number of benzene rings is 1. The second-order valence-corrected chi connectivity index (χ2v) is 5.47. The number of Topliss-reactive ketones (excluding diaryl/α,β-unsaturated/α-hetero) is 1. The van der Waals surface area contributed by atoms with Crippen LogP contribution in [0.3, 0.4) is 0 Å². The number of furan rings is 1. The van der Waals surface area contributed by atoms with E-state index in [-0.39, 0.29) is 11.7 Å². The summed E-state index contributed by atoms with van der Waals surface area (Å²) in [5.41, 5.74) is 0.712. The Kier molecular flexibility index (Phi) is 5.09. The van der Waals surface area contributed by atoms with Gasteiger partial charge in [0.15, 0.2) is 5.76 Å². The van der Waals surface area contributed by atoms with Crippen LogP contribution < -0.4 is 9.46 Å². The molecule has 1 N–H and O–H groups in total. The molecule has 5 heteroatoms. The molecule has 0 fully saturated rings. The lowest BCUT2D eigenvalue weighted by Gasteiger charge is -2.05. The molecule has 0 atom stereocenters. The maximum absolute atomic E-state index is 11.9. The van der Waals surface area contributed by atoms with Crippen molar-refractivity contribution in [3.63, 3.8) is 0 Å².